The Balaban J connectivity index is 2.10. The van der Waals surface area contributed by atoms with Gasteiger partial charge in [0, 0.05) is 6.54 Å². The van der Waals surface area contributed by atoms with E-state index in [0.29, 0.717) is 12.1 Å². The summed E-state index contributed by atoms with van der Waals surface area (Å²) < 4.78 is 27.0. The van der Waals surface area contributed by atoms with Crippen molar-refractivity contribution in [3.05, 3.63) is 65.7 Å². The third-order valence-electron chi connectivity index (χ3n) is 3.22. The van der Waals surface area contributed by atoms with Gasteiger partial charge in [-0.15, -0.1) is 0 Å². The Morgan fingerprint density at radius 1 is 1.14 bits per heavy atom. The summed E-state index contributed by atoms with van der Waals surface area (Å²) >= 11 is 0. The molecule has 0 amide bonds. The number of nitrogens with zero attached hydrogens (tertiary/aromatic N) is 1. The van der Waals surface area contributed by atoms with Gasteiger partial charge in [0.2, 0.25) is 10.0 Å². The molecule has 0 heterocycles. The van der Waals surface area contributed by atoms with Crippen LogP contribution in [0.1, 0.15) is 24.0 Å². The van der Waals surface area contributed by atoms with Crippen molar-refractivity contribution in [3.8, 4) is 6.07 Å². The minimum Gasteiger partial charge on any atom is -0.211 e. The predicted octanol–water partition coefficient (Wildman–Crippen LogP) is 2.64. The van der Waals surface area contributed by atoms with Gasteiger partial charge < -0.3 is 0 Å². The van der Waals surface area contributed by atoms with Gasteiger partial charge in [-0.3, -0.25) is 0 Å². The van der Waals surface area contributed by atoms with Crippen LogP contribution < -0.4 is 4.72 Å². The summed E-state index contributed by atoms with van der Waals surface area (Å²) in [6.45, 7) is 2.27. The lowest BCUT2D eigenvalue weighted by Gasteiger charge is -2.13. The molecule has 0 bridgehead atoms. The van der Waals surface area contributed by atoms with Crippen molar-refractivity contribution in [2.75, 3.05) is 6.54 Å². The Morgan fingerprint density at radius 2 is 1.86 bits per heavy atom. The number of nitriles is 1. The highest BCUT2D eigenvalue weighted by molar-refractivity contribution is 7.89. The Labute approximate surface area is 125 Å². The molecule has 1 atom stereocenters. The fourth-order valence-electron chi connectivity index (χ4n) is 1.95. The Morgan fingerprint density at radius 3 is 2.52 bits per heavy atom. The van der Waals surface area contributed by atoms with Gasteiger partial charge in [0.1, 0.15) is 0 Å². The molecule has 2 aromatic carbocycles. The van der Waals surface area contributed by atoms with Crippen LogP contribution in [-0.4, -0.2) is 15.0 Å². The lowest BCUT2D eigenvalue weighted by atomic mass is 10.0. The first-order valence-corrected chi connectivity index (χ1v) is 8.06. The van der Waals surface area contributed by atoms with Gasteiger partial charge in [-0.2, -0.15) is 5.26 Å². The molecule has 0 radical (unpaired) electrons. The quantitative estimate of drug-likeness (QED) is 0.922. The first-order chi connectivity index (χ1) is 10.0. The van der Waals surface area contributed by atoms with Crippen LogP contribution >= 0.6 is 0 Å². The second kappa shape index (κ2) is 6.53. The van der Waals surface area contributed by atoms with Crippen molar-refractivity contribution in [1.82, 2.24) is 4.72 Å². The molecular formula is C16H16N2O2S. The lowest BCUT2D eigenvalue weighted by Crippen LogP contribution is -2.27. The summed E-state index contributed by atoms with van der Waals surface area (Å²) in [5, 5.41) is 8.83. The van der Waals surface area contributed by atoms with E-state index >= 15 is 0 Å². The van der Waals surface area contributed by atoms with E-state index in [9.17, 15) is 8.42 Å². The molecule has 0 fully saturated rings. The van der Waals surface area contributed by atoms with Gasteiger partial charge >= 0.3 is 0 Å². The van der Waals surface area contributed by atoms with Crippen molar-refractivity contribution >= 4 is 10.0 Å². The molecule has 0 aliphatic carbocycles. The second-order valence-electron chi connectivity index (χ2n) is 4.80. The molecule has 0 aliphatic rings. The van der Waals surface area contributed by atoms with Crippen LogP contribution in [0.5, 0.6) is 0 Å². The number of rotatable bonds is 5. The zero-order chi connectivity index (χ0) is 15.3. The first-order valence-electron chi connectivity index (χ1n) is 6.58. The predicted molar refractivity (Wildman–Crippen MR) is 81.2 cm³/mol. The summed E-state index contributed by atoms with van der Waals surface area (Å²) in [4.78, 5) is 0.113. The molecule has 0 spiro atoms. The average Bonchev–Trinajstić information content (AvgIpc) is 2.53. The van der Waals surface area contributed by atoms with E-state index in [-0.39, 0.29) is 10.8 Å². The largest absolute Gasteiger partial charge is 0.240 e. The monoisotopic (exact) mass is 300 g/mol. The van der Waals surface area contributed by atoms with Crippen LogP contribution in [0.3, 0.4) is 0 Å². The molecule has 2 rings (SSSR count). The van der Waals surface area contributed by atoms with Crippen molar-refractivity contribution in [2.45, 2.75) is 17.7 Å². The van der Waals surface area contributed by atoms with Crippen LogP contribution in [0.4, 0.5) is 0 Å². The Bertz CT molecular complexity index is 749. The molecular weight excluding hydrogens is 284 g/mol. The van der Waals surface area contributed by atoms with E-state index in [0.717, 1.165) is 5.56 Å². The highest BCUT2D eigenvalue weighted by Gasteiger charge is 2.16. The number of nitrogens with one attached hydrogen (secondary N) is 1. The van der Waals surface area contributed by atoms with Gasteiger partial charge in [0.25, 0.3) is 0 Å². The molecule has 1 unspecified atom stereocenters. The van der Waals surface area contributed by atoms with E-state index in [4.69, 9.17) is 5.26 Å². The zero-order valence-corrected chi connectivity index (χ0v) is 12.5. The standard InChI is InChI=1S/C16H16N2O2S/c1-13(15-7-3-2-4-8-15)12-18-21(19,20)16-9-5-6-14(10-16)11-17/h2-10,13,18H,12H2,1H3. The van der Waals surface area contributed by atoms with E-state index in [1.165, 1.54) is 12.1 Å². The molecule has 1 N–H and O–H groups in total. The first kappa shape index (κ1) is 15.2. The van der Waals surface area contributed by atoms with E-state index < -0.39 is 10.0 Å². The van der Waals surface area contributed by atoms with Gasteiger partial charge in [-0.1, -0.05) is 43.3 Å². The van der Waals surface area contributed by atoms with E-state index in [2.05, 4.69) is 4.72 Å². The van der Waals surface area contributed by atoms with Crippen LogP contribution in [0.2, 0.25) is 0 Å². The summed E-state index contributed by atoms with van der Waals surface area (Å²) in [6, 6.07) is 17.6. The number of hydrogen-bond acceptors (Lipinski definition) is 3. The molecule has 21 heavy (non-hydrogen) atoms. The highest BCUT2D eigenvalue weighted by atomic mass is 32.2. The van der Waals surface area contributed by atoms with E-state index in [1.54, 1.807) is 12.1 Å². The van der Waals surface area contributed by atoms with Crippen molar-refractivity contribution in [2.24, 2.45) is 0 Å². The molecule has 0 saturated carbocycles. The van der Waals surface area contributed by atoms with Gasteiger partial charge in [-0.05, 0) is 29.7 Å². The van der Waals surface area contributed by atoms with Gasteiger partial charge in [0.15, 0.2) is 0 Å². The minimum absolute atomic E-state index is 0.0696. The molecule has 5 heteroatoms. The maximum atomic E-state index is 12.2. The molecule has 0 saturated heterocycles. The third-order valence-corrected chi connectivity index (χ3v) is 4.64. The molecule has 4 nitrogen and oxygen atoms in total. The van der Waals surface area contributed by atoms with Gasteiger partial charge in [0.05, 0.1) is 16.5 Å². The fourth-order valence-corrected chi connectivity index (χ4v) is 3.13. The summed E-state index contributed by atoms with van der Waals surface area (Å²) in [5.74, 6) is 0.0696. The van der Waals surface area contributed by atoms with Crippen molar-refractivity contribution in [3.63, 3.8) is 0 Å². The Hall–Kier alpha value is -2.16. The maximum Gasteiger partial charge on any atom is 0.240 e. The van der Waals surface area contributed by atoms with Crippen LogP contribution in [-0.2, 0) is 10.0 Å². The van der Waals surface area contributed by atoms with Crippen LogP contribution in [0.15, 0.2) is 59.5 Å². The zero-order valence-electron chi connectivity index (χ0n) is 11.7. The number of hydrogen-bond donors (Lipinski definition) is 1. The summed E-state index contributed by atoms with van der Waals surface area (Å²) in [7, 11) is -3.60. The maximum absolute atomic E-state index is 12.2. The SMILES string of the molecule is CC(CNS(=O)(=O)c1cccc(C#N)c1)c1ccccc1. The number of benzene rings is 2. The molecule has 2 aromatic rings. The fraction of sp³-hybridized carbons (Fsp3) is 0.188. The average molecular weight is 300 g/mol. The van der Waals surface area contributed by atoms with Gasteiger partial charge in [-0.25, -0.2) is 13.1 Å². The molecule has 0 aromatic heterocycles. The summed E-state index contributed by atoms with van der Waals surface area (Å²) in [5.41, 5.74) is 1.40. The second-order valence-corrected chi connectivity index (χ2v) is 6.57. The van der Waals surface area contributed by atoms with Crippen LogP contribution in [0.25, 0.3) is 0 Å². The Kier molecular flexibility index (Phi) is 4.73. The van der Waals surface area contributed by atoms with Crippen molar-refractivity contribution < 1.29 is 8.42 Å². The molecule has 0 aliphatic heterocycles. The lowest BCUT2D eigenvalue weighted by molar-refractivity contribution is 0.575. The smallest absolute Gasteiger partial charge is 0.211 e. The third kappa shape index (κ3) is 3.91. The normalized spacial score (nSPS) is 12.6. The van der Waals surface area contributed by atoms with E-state index in [1.807, 2.05) is 43.3 Å². The minimum atomic E-state index is -3.60. The van der Waals surface area contributed by atoms with Crippen LogP contribution in [0, 0.1) is 11.3 Å². The highest BCUT2D eigenvalue weighted by Crippen LogP contribution is 2.15. The van der Waals surface area contributed by atoms with Crippen molar-refractivity contribution in [1.29, 1.82) is 5.26 Å². The topological polar surface area (TPSA) is 70.0 Å². The summed E-state index contributed by atoms with van der Waals surface area (Å²) in [6.07, 6.45) is 0. The molecule has 108 valence electrons. The number of sulfonamides is 1.